The molecular formula is C21H22N4O2. The number of rotatable bonds is 6. The monoisotopic (exact) mass is 362 g/mol. The molecular weight excluding hydrogens is 340 g/mol. The van der Waals surface area contributed by atoms with Gasteiger partial charge in [0.05, 0.1) is 17.1 Å². The van der Waals surface area contributed by atoms with Crippen LogP contribution in [-0.2, 0) is 6.42 Å². The molecule has 0 fully saturated rings. The van der Waals surface area contributed by atoms with Gasteiger partial charge in [-0.25, -0.2) is 0 Å². The van der Waals surface area contributed by atoms with E-state index in [1.54, 1.807) is 6.20 Å². The molecule has 2 aromatic carbocycles. The quantitative estimate of drug-likeness (QED) is 0.460. The molecule has 6 heteroatoms. The predicted octanol–water partition coefficient (Wildman–Crippen LogP) is 3.41. The summed E-state index contributed by atoms with van der Waals surface area (Å²) in [6.07, 6.45) is 6.05. The summed E-state index contributed by atoms with van der Waals surface area (Å²) >= 11 is 0. The van der Waals surface area contributed by atoms with Crippen molar-refractivity contribution in [3.8, 4) is 11.5 Å². The van der Waals surface area contributed by atoms with E-state index in [0.717, 1.165) is 48.3 Å². The summed E-state index contributed by atoms with van der Waals surface area (Å²) in [6.45, 7) is 2.27. The molecule has 0 bridgehead atoms. The van der Waals surface area contributed by atoms with Crippen LogP contribution in [0.2, 0.25) is 0 Å². The van der Waals surface area contributed by atoms with Crippen molar-refractivity contribution in [1.29, 1.82) is 0 Å². The Bertz CT molecular complexity index is 1070. The van der Waals surface area contributed by atoms with Crippen molar-refractivity contribution >= 4 is 21.8 Å². The smallest absolute Gasteiger partial charge is 0.172 e. The molecule has 0 aliphatic carbocycles. The van der Waals surface area contributed by atoms with Crippen molar-refractivity contribution in [3.05, 3.63) is 54.4 Å². The minimum Gasteiger partial charge on any atom is -0.486 e. The normalized spacial score (nSPS) is 16.2. The van der Waals surface area contributed by atoms with Crippen molar-refractivity contribution < 1.29 is 9.47 Å². The Hall–Kier alpha value is -2.99. The molecule has 1 unspecified atom stereocenters. The molecule has 0 spiro atoms. The number of nitrogens with zero attached hydrogens (tertiary/aromatic N) is 1. The zero-order valence-corrected chi connectivity index (χ0v) is 15.0. The summed E-state index contributed by atoms with van der Waals surface area (Å²) < 4.78 is 12.0. The van der Waals surface area contributed by atoms with Crippen LogP contribution in [-0.4, -0.2) is 41.0 Å². The maximum Gasteiger partial charge on any atom is 0.172 e. The minimum absolute atomic E-state index is 0.00564. The van der Waals surface area contributed by atoms with E-state index in [4.69, 9.17) is 9.47 Å². The van der Waals surface area contributed by atoms with Gasteiger partial charge < -0.3 is 19.8 Å². The van der Waals surface area contributed by atoms with E-state index in [9.17, 15) is 0 Å². The predicted molar refractivity (Wildman–Crippen MR) is 105 cm³/mol. The first kappa shape index (κ1) is 16.2. The topological polar surface area (TPSA) is 75.0 Å². The Morgan fingerprint density at radius 3 is 3.07 bits per heavy atom. The lowest BCUT2D eigenvalue weighted by molar-refractivity contribution is 0.0925. The molecule has 1 aliphatic heterocycles. The first-order valence-electron chi connectivity index (χ1n) is 9.40. The SMILES string of the molecule is c1ccc2c(CCCNCC3COc4ccc5[nH]ncc5c4O3)c[nH]c2c1. The number of ether oxygens (including phenoxy) is 2. The highest BCUT2D eigenvalue weighted by atomic mass is 16.6. The number of aromatic amines is 2. The van der Waals surface area contributed by atoms with E-state index in [0.29, 0.717) is 6.61 Å². The van der Waals surface area contributed by atoms with Crippen molar-refractivity contribution in [1.82, 2.24) is 20.5 Å². The highest BCUT2D eigenvalue weighted by Gasteiger charge is 2.23. The average molecular weight is 362 g/mol. The van der Waals surface area contributed by atoms with Crippen molar-refractivity contribution in [2.45, 2.75) is 18.9 Å². The van der Waals surface area contributed by atoms with Crippen LogP contribution in [0.1, 0.15) is 12.0 Å². The second kappa shape index (κ2) is 6.96. The van der Waals surface area contributed by atoms with Crippen LogP contribution in [0.3, 0.4) is 0 Å². The van der Waals surface area contributed by atoms with E-state index in [2.05, 4.69) is 51.0 Å². The second-order valence-electron chi connectivity index (χ2n) is 6.94. The van der Waals surface area contributed by atoms with E-state index in [1.807, 2.05) is 12.1 Å². The molecule has 0 saturated heterocycles. The fourth-order valence-electron chi connectivity index (χ4n) is 3.70. The van der Waals surface area contributed by atoms with E-state index in [-0.39, 0.29) is 6.10 Å². The first-order chi connectivity index (χ1) is 13.4. The van der Waals surface area contributed by atoms with Crippen LogP contribution in [0.5, 0.6) is 11.5 Å². The minimum atomic E-state index is 0.00564. The number of hydrogen-bond donors (Lipinski definition) is 3. The number of aryl methyl sites for hydroxylation is 1. The molecule has 0 saturated carbocycles. The van der Waals surface area contributed by atoms with Gasteiger partial charge >= 0.3 is 0 Å². The zero-order chi connectivity index (χ0) is 18.1. The number of benzene rings is 2. The third-order valence-corrected chi connectivity index (χ3v) is 5.09. The Morgan fingerprint density at radius 1 is 1.11 bits per heavy atom. The van der Waals surface area contributed by atoms with E-state index in [1.165, 1.54) is 16.5 Å². The van der Waals surface area contributed by atoms with Crippen molar-refractivity contribution in [2.75, 3.05) is 19.7 Å². The van der Waals surface area contributed by atoms with Gasteiger partial charge in [-0.2, -0.15) is 5.10 Å². The lowest BCUT2D eigenvalue weighted by Crippen LogP contribution is -2.38. The third-order valence-electron chi connectivity index (χ3n) is 5.09. The molecule has 27 heavy (non-hydrogen) atoms. The summed E-state index contributed by atoms with van der Waals surface area (Å²) in [5.41, 5.74) is 3.54. The molecule has 0 radical (unpaired) electrons. The highest BCUT2D eigenvalue weighted by Crippen LogP contribution is 2.37. The molecule has 2 aromatic heterocycles. The fraction of sp³-hybridized carbons (Fsp3) is 0.286. The van der Waals surface area contributed by atoms with Gasteiger partial charge in [0.2, 0.25) is 0 Å². The third kappa shape index (κ3) is 3.13. The number of aromatic nitrogens is 3. The fourth-order valence-corrected chi connectivity index (χ4v) is 3.70. The number of nitrogens with one attached hydrogen (secondary N) is 3. The van der Waals surface area contributed by atoms with Crippen molar-refractivity contribution in [2.24, 2.45) is 0 Å². The number of fused-ring (bicyclic) bond motifs is 4. The van der Waals surface area contributed by atoms with Gasteiger partial charge in [-0.15, -0.1) is 0 Å². The molecule has 5 rings (SSSR count). The number of para-hydroxylation sites is 1. The maximum atomic E-state index is 6.16. The second-order valence-corrected chi connectivity index (χ2v) is 6.94. The van der Waals surface area contributed by atoms with Gasteiger partial charge in [0.15, 0.2) is 11.5 Å². The van der Waals surface area contributed by atoms with Gasteiger partial charge in [-0.1, -0.05) is 18.2 Å². The van der Waals surface area contributed by atoms with Crippen LogP contribution < -0.4 is 14.8 Å². The van der Waals surface area contributed by atoms with Crippen LogP contribution in [0.15, 0.2) is 48.8 Å². The van der Waals surface area contributed by atoms with Gasteiger partial charge in [0.1, 0.15) is 12.7 Å². The summed E-state index contributed by atoms with van der Waals surface area (Å²) in [5.74, 6) is 1.58. The van der Waals surface area contributed by atoms with Crippen LogP contribution in [0.25, 0.3) is 21.8 Å². The highest BCUT2D eigenvalue weighted by molar-refractivity contribution is 5.87. The van der Waals surface area contributed by atoms with Crippen LogP contribution >= 0.6 is 0 Å². The Kier molecular flexibility index (Phi) is 4.18. The standard InChI is InChI=1S/C21H22N4O2/c1-2-6-18-16(5-1)14(10-23-18)4-3-9-22-11-15-13-26-20-8-7-19-17(12-24-25-19)21(20)27-15/h1-2,5-8,10,12,15,22-23H,3-4,9,11,13H2,(H,24,25). The lowest BCUT2D eigenvalue weighted by Gasteiger charge is -2.27. The molecule has 0 amide bonds. The molecule has 1 aliphatic rings. The van der Waals surface area contributed by atoms with E-state index < -0.39 is 0 Å². The lowest BCUT2D eigenvalue weighted by atomic mass is 10.1. The summed E-state index contributed by atoms with van der Waals surface area (Å²) in [4.78, 5) is 3.34. The molecule has 6 nitrogen and oxygen atoms in total. The number of H-pyrrole nitrogens is 2. The maximum absolute atomic E-state index is 6.16. The molecule has 1 atom stereocenters. The molecule has 4 aromatic rings. The van der Waals surface area contributed by atoms with E-state index >= 15 is 0 Å². The average Bonchev–Trinajstić information content (AvgIpc) is 3.35. The Labute approximate surface area is 156 Å². The first-order valence-corrected chi connectivity index (χ1v) is 9.40. The number of hydrogen-bond acceptors (Lipinski definition) is 4. The Morgan fingerprint density at radius 2 is 2.07 bits per heavy atom. The van der Waals surface area contributed by atoms with Gasteiger partial charge in [0.25, 0.3) is 0 Å². The summed E-state index contributed by atoms with van der Waals surface area (Å²) in [7, 11) is 0. The molecule has 3 heterocycles. The van der Waals surface area contributed by atoms with Crippen LogP contribution in [0.4, 0.5) is 0 Å². The van der Waals surface area contributed by atoms with Gasteiger partial charge in [-0.3, -0.25) is 5.10 Å². The van der Waals surface area contributed by atoms with Gasteiger partial charge in [0, 0.05) is 23.6 Å². The molecule has 138 valence electrons. The van der Waals surface area contributed by atoms with Crippen molar-refractivity contribution in [3.63, 3.8) is 0 Å². The molecule has 3 N–H and O–H groups in total. The summed E-state index contributed by atoms with van der Waals surface area (Å²) in [6, 6.07) is 12.3. The van der Waals surface area contributed by atoms with Gasteiger partial charge in [-0.05, 0) is 43.1 Å². The largest absolute Gasteiger partial charge is 0.486 e. The Balaban J connectivity index is 1.13. The van der Waals surface area contributed by atoms with Crippen LogP contribution in [0, 0.1) is 0 Å². The zero-order valence-electron chi connectivity index (χ0n) is 15.0. The summed E-state index contributed by atoms with van der Waals surface area (Å²) in [5, 5.41) is 12.8.